The Labute approximate surface area is 455 Å². The fraction of sp³-hybridized carbons (Fsp3) is 0.866. The van der Waals surface area contributed by atoms with Crippen molar-refractivity contribution < 1.29 is 28.6 Å². The first-order valence-corrected chi connectivity index (χ1v) is 32.5. The predicted molar refractivity (Wildman–Crippen MR) is 316 cm³/mol. The largest absolute Gasteiger partial charge is 0.462 e. The summed E-state index contributed by atoms with van der Waals surface area (Å²) < 4.78 is 17.0. The van der Waals surface area contributed by atoms with Gasteiger partial charge in [-0.2, -0.15) is 0 Å². The summed E-state index contributed by atoms with van der Waals surface area (Å²) in [7, 11) is 0. The first-order chi connectivity index (χ1) is 36.0. The second kappa shape index (κ2) is 62.2. The normalized spacial score (nSPS) is 12.2. The second-order valence-corrected chi connectivity index (χ2v) is 22.0. The number of hydrogen-bond acceptors (Lipinski definition) is 6. The zero-order valence-electron chi connectivity index (χ0n) is 49.2. The van der Waals surface area contributed by atoms with Gasteiger partial charge in [-0.15, -0.1) is 0 Å². The highest BCUT2D eigenvalue weighted by Crippen LogP contribution is 2.17. The van der Waals surface area contributed by atoms with Crippen LogP contribution >= 0.6 is 0 Å². The summed E-state index contributed by atoms with van der Waals surface area (Å²) >= 11 is 0. The molecular formula is C67H124O6. The van der Waals surface area contributed by atoms with Gasteiger partial charge in [0.2, 0.25) is 0 Å². The monoisotopic (exact) mass is 1020 g/mol. The number of allylic oxidation sites excluding steroid dienone is 6. The third-order valence-electron chi connectivity index (χ3n) is 14.6. The molecule has 0 aliphatic rings. The van der Waals surface area contributed by atoms with Crippen LogP contribution in [0.1, 0.15) is 355 Å². The van der Waals surface area contributed by atoms with Crippen LogP contribution in [0, 0.1) is 0 Å². The third-order valence-corrected chi connectivity index (χ3v) is 14.6. The number of ether oxygens (including phenoxy) is 3. The van der Waals surface area contributed by atoms with E-state index in [1.54, 1.807) is 0 Å². The Bertz CT molecular complexity index is 1220. The van der Waals surface area contributed by atoms with Gasteiger partial charge in [0, 0.05) is 19.3 Å². The fourth-order valence-corrected chi connectivity index (χ4v) is 9.67. The van der Waals surface area contributed by atoms with E-state index in [0.29, 0.717) is 19.3 Å². The highest BCUT2D eigenvalue weighted by molar-refractivity contribution is 5.71. The third kappa shape index (κ3) is 60.4. The van der Waals surface area contributed by atoms with E-state index in [1.807, 2.05) is 0 Å². The highest BCUT2D eigenvalue weighted by atomic mass is 16.6. The smallest absolute Gasteiger partial charge is 0.306 e. The molecule has 0 aromatic carbocycles. The van der Waals surface area contributed by atoms with Crippen LogP contribution in [0.15, 0.2) is 36.5 Å². The SMILES string of the molecule is CCCCCC/C=C\CCCCCCCCCC(=O)OC[C@@H](COC(=O)CCCCCCCCCCCCC/C=C\CCCCCCCC)OC(=O)CCCCCCCCCCC/C=C\CCCCCCCC. The summed E-state index contributed by atoms with van der Waals surface area (Å²) in [6.45, 7) is 6.67. The van der Waals surface area contributed by atoms with Gasteiger partial charge in [0.1, 0.15) is 13.2 Å². The van der Waals surface area contributed by atoms with Crippen molar-refractivity contribution in [3.8, 4) is 0 Å². The van der Waals surface area contributed by atoms with Crippen LogP contribution in [-0.4, -0.2) is 37.2 Å². The molecule has 6 nitrogen and oxygen atoms in total. The summed E-state index contributed by atoms with van der Waals surface area (Å²) in [5, 5.41) is 0. The highest BCUT2D eigenvalue weighted by Gasteiger charge is 2.19. The van der Waals surface area contributed by atoms with E-state index in [2.05, 4.69) is 57.2 Å². The van der Waals surface area contributed by atoms with Crippen LogP contribution in [0.3, 0.4) is 0 Å². The Kier molecular flexibility index (Phi) is 60.2. The van der Waals surface area contributed by atoms with Gasteiger partial charge in [0.05, 0.1) is 0 Å². The molecule has 0 heterocycles. The minimum absolute atomic E-state index is 0.0714. The molecule has 0 aromatic heterocycles. The maximum Gasteiger partial charge on any atom is 0.306 e. The molecule has 0 saturated carbocycles. The lowest BCUT2D eigenvalue weighted by molar-refractivity contribution is -0.167. The van der Waals surface area contributed by atoms with Gasteiger partial charge in [-0.05, 0) is 96.3 Å². The van der Waals surface area contributed by atoms with Crippen molar-refractivity contribution in [1.82, 2.24) is 0 Å². The molecule has 73 heavy (non-hydrogen) atoms. The average Bonchev–Trinajstić information content (AvgIpc) is 3.39. The molecule has 0 unspecified atom stereocenters. The van der Waals surface area contributed by atoms with Crippen LogP contribution in [0.5, 0.6) is 0 Å². The molecule has 0 spiro atoms. The number of carbonyl (C=O) groups excluding carboxylic acids is 3. The molecule has 0 bridgehead atoms. The summed E-state index contributed by atoms with van der Waals surface area (Å²) in [6.07, 6.45) is 75.7. The fourth-order valence-electron chi connectivity index (χ4n) is 9.67. The van der Waals surface area contributed by atoms with Gasteiger partial charge >= 0.3 is 17.9 Å². The van der Waals surface area contributed by atoms with Gasteiger partial charge in [-0.1, -0.05) is 276 Å². The number of carbonyl (C=O) groups is 3. The predicted octanol–water partition coefficient (Wildman–Crippen LogP) is 22.0. The standard InChI is InChI=1S/C67H124O6/c1-4-7-10-13-16-19-22-25-28-30-32-33-35-36-39-42-45-48-51-54-57-60-66(69)72-63-64(62-71-65(68)59-56-53-50-47-44-41-38-27-24-21-18-15-12-9-6-3)73-67(70)61-58-55-52-49-46-43-40-37-34-31-29-26-23-20-17-14-11-8-5-2/h21,24-26,28-29,64H,4-20,22-23,27,30-63H2,1-3H3/b24-21-,28-25-,29-26-/t64-/m0/s1. The maximum absolute atomic E-state index is 12.9. The maximum atomic E-state index is 12.9. The zero-order chi connectivity index (χ0) is 52.9. The Hall–Kier alpha value is -2.37. The van der Waals surface area contributed by atoms with E-state index < -0.39 is 6.10 Å². The van der Waals surface area contributed by atoms with Gasteiger partial charge in [0.25, 0.3) is 0 Å². The molecule has 0 saturated heterocycles. The molecular weight excluding hydrogens is 901 g/mol. The lowest BCUT2D eigenvalue weighted by Gasteiger charge is -2.18. The topological polar surface area (TPSA) is 78.9 Å². The minimum Gasteiger partial charge on any atom is -0.462 e. The van der Waals surface area contributed by atoms with Crippen molar-refractivity contribution in [3.05, 3.63) is 36.5 Å². The van der Waals surface area contributed by atoms with Crippen LogP contribution in [0.4, 0.5) is 0 Å². The number of unbranched alkanes of at least 4 members (excludes halogenated alkanes) is 43. The lowest BCUT2D eigenvalue weighted by atomic mass is 10.0. The van der Waals surface area contributed by atoms with Crippen molar-refractivity contribution in [2.45, 2.75) is 361 Å². The van der Waals surface area contributed by atoms with Gasteiger partial charge in [-0.25, -0.2) is 0 Å². The Morgan fingerprint density at radius 2 is 0.452 bits per heavy atom. The molecule has 0 fully saturated rings. The molecule has 0 aliphatic carbocycles. The van der Waals surface area contributed by atoms with Crippen LogP contribution in [-0.2, 0) is 28.6 Å². The van der Waals surface area contributed by atoms with E-state index in [1.165, 1.54) is 257 Å². The Morgan fingerprint density at radius 3 is 0.699 bits per heavy atom. The van der Waals surface area contributed by atoms with Crippen molar-refractivity contribution in [3.63, 3.8) is 0 Å². The van der Waals surface area contributed by atoms with Crippen molar-refractivity contribution in [2.24, 2.45) is 0 Å². The van der Waals surface area contributed by atoms with Crippen LogP contribution in [0.2, 0.25) is 0 Å². The van der Waals surface area contributed by atoms with E-state index in [9.17, 15) is 14.4 Å². The second-order valence-electron chi connectivity index (χ2n) is 22.0. The Morgan fingerprint density at radius 1 is 0.260 bits per heavy atom. The molecule has 0 amide bonds. The quantitative estimate of drug-likeness (QED) is 0.0261. The summed E-state index contributed by atoms with van der Waals surface area (Å²) in [4.78, 5) is 38.3. The van der Waals surface area contributed by atoms with Crippen molar-refractivity contribution in [1.29, 1.82) is 0 Å². The van der Waals surface area contributed by atoms with E-state index >= 15 is 0 Å². The molecule has 0 aliphatic heterocycles. The Balaban J connectivity index is 4.32. The first kappa shape index (κ1) is 70.6. The lowest BCUT2D eigenvalue weighted by Crippen LogP contribution is -2.30. The molecule has 0 N–H and O–H groups in total. The molecule has 0 aromatic rings. The van der Waals surface area contributed by atoms with Crippen LogP contribution in [0.25, 0.3) is 0 Å². The van der Waals surface area contributed by atoms with Gasteiger partial charge in [-0.3, -0.25) is 14.4 Å². The van der Waals surface area contributed by atoms with Crippen molar-refractivity contribution >= 4 is 17.9 Å². The van der Waals surface area contributed by atoms with Crippen LogP contribution < -0.4 is 0 Å². The van der Waals surface area contributed by atoms with Gasteiger partial charge in [0.15, 0.2) is 6.10 Å². The molecule has 0 radical (unpaired) electrons. The number of esters is 3. The number of rotatable bonds is 60. The van der Waals surface area contributed by atoms with E-state index in [-0.39, 0.29) is 31.1 Å². The van der Waals surface area contributed by atoms with E-state index in [0.717, 1.165) is 57.8 Å². The van der Waals surface area contributed by atoms with E-state index in [4.69, 9.17) is 14.2 Å². The zero-order valence-corrected chi connectivity index (χ0v) is 49.2. The molecule has 0 rings (SSSR count). The molecule has 1 atom stereocenters. The molecule has 6 heteroatoms. The summed E-state index contributed by atoms with van der Waals surface area (Å²) in [6, 6.07) is 0. The number of hydrogen-bond donors (Lipinski definition) is 0. The molecule has 428 valence electrons. The minimum atomic E-state index is -0.774. The van der Waals surface area contributed by atoms with Crippen molar-refractivity contribution in [2.75, 3.05) is 13.2 Å². The average molecular weight is 1030 g/mol. The summed E-state index contributed by atoms with van der Waals surface area (Å²) in [5.41, 5.74) is 0. The summed E-state index contributed by atoms with van der Waals surface area (Å²) in [5.74, 6) is -0.856. The first-order valence-electron chi connectivity index (χ1n) is 32.5. The van der Waals surface area contributed by atoms with Gasteiger partial charge < -0.3 is 14.2 Å².